The molecule has 0 atom stereocenters. The number of carbonyl (C=O) groups excluding carboxylic acids is 1. The van der Waals surface area contributed by atoms with Crippen molar-refractivity contribution in [1.82, 2.24) is 9.88 Å². The number of halogens is 4. The van der Waals surface area contributed by atoms with Gasteiger partial charge in [0.05, 0.1) is 26.8 Å². The molecule has 8 nitrogen and oxygen atoms in total. The zero-order valence-electron chi connectivity index (χ0n) is 28.3. The smallest absolute Gasteiger partial charge is 0.506 e. The van der Waals surface area contributed by atoms with Crippen LogP contribution in [0.4, 0.5) is 40.7 Å². The van der Waals surface area contributed by atoms with Gasteiger partial charge in [-0.15, -0.1) is 24.5 Å². The highest BCUT2D eigenvalue weighted by molar-refractivity contribution is 7.21. The molecule has 1 fully saturated rings. The Morgan fingerprint density at radius 3 is 2.39 bits per heavy atom. The molecule has 0 aliphatic carbocycles. The van der Waals surface area contributed by atoms with Crippen molar-refractivity contribution in [3.05, 3.63) is 89.4 Å². The Morgan fingerprint density at radius 2 is 1.71 bits per heavy atom. The first-order valence-corrected chi connectivity index (χ1v) is 17.8. The monoisotopic (exact) mass is 735 g/mol. The van der Waals surface area contributed by atoms with Crippen LogP contribution < -0.4 is 20.3 Å². The number of nitrogens with one attached hydrogen (secondary N) is 2. The number of hydrogen-bond donors (Lipinski definition) is 3. The maximum atomic E-state index is 13.2. The summed E-state index contributed by atoms with van der Waals surface area (Å²) in [6, 6.07) is 21.1. The number of thiazole rings is 1. The summed E-state index contributed by atoms with van der Waals surface area (Å²) in [7, 11) is 0. The number of para-hydroxylation sites is 3. The number of fused-ring (bicyclic) bond motifs is 3. The van der Waals surface area contributed by atoms with Crippen molar-refractivity contribution in [2.24, 2.45) is 5.41 Å². The van der Waals surface area contributed by atoms with Crippen LogP contribution in [0.25, 0.3) is 20.8 Å². The molecule has 0 radical (unpaired) electrons. The molecule has 2 aliphatic heterocycles. The van der Waals surface area contributed by atoms with Crippen LogP contribution in [0.1, 0.15) is 39.2 Å². The first-order valence-electron chi connectivity index (χ1n) is 16.6. The summed E-state index contributed by atoms with van der Waals surface area (Å²) in [6.45, 7) is 10.1. The number of amides is 2. The highest BCUT2D eigenvalue weighted by atomic mass is 35.5. The fourth-order valence-corrected chi connectivity index (χ4v) is 8.62. The number of hydrogen-bond acceptors (Lipinski definition) is 7. The Labute approximate surface area is 302 Å². The lowest BCUT2D eigenvalue weighted by atomic mass is 9.72. The molecule has 3 heterocycles. The van der Waals surface area contributed by atoms with Crippen molar-refractivity contribution in [3.8, 4) is 22.1 Å². The lowest BCUT2D eigenvalue weighted by Crippen LogP contribution is -2.47. The number of anilines is 4. The quantitative estimate of drug-likeness (QED) is 0.161. The van der Waals surface area contributed by atoms with E-state index in [0.29, 0.717) is 28.6 Å². The largest absolute Gasteiger partial charge is 0.573 e. The summed E-state index contributed by atoms with van der Waals surface area (Å²) in [5.74, 6) is -0.264. The van der Waals surface area contributed by atoms with Crippen LogP contribution >= 0.6 is 22.9 Å². The number of nitrogens with zero attached hydrogens (tertiary/aromatic N) is 3. The third-order valence-electron chi connectivity index (χ3n) is 9.32. The van der Waals surface area contributed by atoms with E-state index in [-0.39, 0.29) is 22.3 Å². The summed E-state index contributed by atoms with van der Waals surface area (Å²) < 4.78 is 42.7. The van der Waals surface area contributed by atoms with Gasteiger partial charge in [-0.3, -0.25) is 0 Å². The number of aromatic hydroxyl groups is 1. The highest BCUT2D eigenvalue weighted by Gasteiger charge is 2.49. The Kier molecular flexibility index (Phi) is 9.05. The number of carbonyl (C=O) groups is 1. The topological polar surface area (TPSA) is 90.0 Å². The molecule has 4 aromatic carbocycles. The lowest BCUT2D eigenvalue weighted by molar-refractivity contribution is -0.274. The molecule has 7 rings (SSSR count). The average molecular weight is 736 g/mol. The number of ether oxygens (including phenoxy) is 1. The van der Waals surface area contributed by atoms with Crippen molar-refractivity contribution in [2.45, 2.75) is 45.4 Å². The van der Waals surface area contributed by atoms with Gasteiger partial charge in [-0.05, 0) is 97.6 Å². The lowest BCUT2D eigenvalue weighted by Gasteiger charge is -2.42. The SMILES string of the molecule is CC(C)(C)CN1CCC2(CC1)CN(c1ccccc1NC(=O)Nc1ccc(OC(F)(F)F)cc1)c1c(O)ccc(-c3nc4c(Cl)cccc4s3)c12. The summed E-state index contributed by atoms with van der Waals surface area (Å²) in [4.78, 5) is 22.8. The van der Waals surface area contributed by atoms with E-state index in [1.165, 1.54) is 12.1 Å². The van der Waals surface area contributed by atoms with Gasteiger partial charge in [0, 0.05) is 29.8 Å². The van der Waals surface area contributed by atoms with Gasteiger partial charge in [-0.1, -0.05) is 50.6 Å². The first kappa shape index (κ1) is 34.9. The van der Waals surface area contributed by atoms with E-state index in [9.17, 15) is 23.1 Å². The number of urea groups is 1. The van der Waals surface area contributed by atoms with E-state index in [4.69, 9.17) is 16.6 Å². The molecule has 3 N–H and O–H groups in total. The second-order valence-corrected chi connectivity index (χ2v) is 15.8. The summed E-state index contributed by atoms with van der Waals surface area (Å²) in [5.41, 5.74) is 4.71. The van der Waals surface area contributed by atoms with Gasteiger partial charge in [-0.25, -0.2) is 9.78 Å². The van der Waals surface area contributed by atoms with Gasteiger partial charge in [-0.2, -0.15) is 0 Å². The number of aromatic nitrogens is 1. The number of phenolic OH excluding ortho intramolecular Hbond substituents is 1. The molecular weight excluding hydrogens is 699 g/mol. The number of phenols is 1. The zero-order chi connectivity index (χ0) is 36.1. The van der Waals surface area contributed by atoms with Gasteiger partial charge in [0.15, 0.2) is 0 Å². The van der Waals surface area contributed by atoms with Crippen molar-refractivity contribution in [2.75, 3.05) is 41.7 Å². The molecule has 13 heteroatoms. The fraction of sp³-hybridized carbons (Fsp3) is 0.316. The van der Waals surface area contributed by atoms with Crippen LogP contribution in [-0.4, -0.2) is 53.6 Å². The standard InChI is InChI=1S/C38H37ClF3N5O3S/c1-36(2,3)21-46-19-17-37(18-20-46)22-47(33-29(48)16-15-25(31(33)37)34-45-32-26(39)7-6-10-30(32)51-34)28-9-5-4-8-27(28)44-35(49)43-23-11-13-24(14-12-23)50-38(40,41)42/h4-16,48H,17-22H2,1-3H3,(H2,43,44,49). The van der Waals surface area contributed by atoms with Crippen molar-refractivity contribution in [3.63, 3.8) is 0 Å². The molecule has 2 amide bonds. The molecule has 0 unspecified atom stereocenters. The predicted molar refractivity (Wildman–Crippen MR) is 198 cm³/mol. The predicted octanol–water partition coefficient (Wildman–Crippen LogP) is 10.4. The van der Waals surface area contributed by atoms with Gasteiger partial charge >= 0.3 is 12.4 Å². The van der Waals surface area contributed by atoms with Crippen LogP contribution in [0.15, 0.2) is 78.9 Å². The van der Waals surface area contributed by atoms with Crippen molar-refractivity contribution in [1.29, 1.82) is 0 Å². The van der Waals surface area contributed by atoms with E-state index in [0.717, 1.165) is 71.0 Å². The Bertz CT molecular complexity index is 2090. The highest BCUT2D eigenvalue weighted by Crippen LogP contribution is 2.57. The van der Waals surface area contributed by atoms with Crippen LogP contribution in [-0.2, 0) is 5.41 Å². The van der Waals surface area contributed by atoms with Gasteiger partial charge in [0.25, 0.3) is 0 Å². The minimum absolute atomic E-state index is 0.127. The molecule has 1 aromatic heterocycles. The maximum absolute atomic E-state index is 13.2. The normalized spacial score (nSPS) is 16.0. The van der Waals surface area contributed by atoms with Crippen LogP contribution in [0.3, 0.4) is 0 Å². The second kappa shape index (κ2) is 13.2. The number of benzene rings is 4. The Balaban J connectivity index is 1.24. The zero-order valence-corrected chi connectivity index (χ0v) is 29.8. The Morgan fingerprint density at radius 1 is 0.980 bits per heavy atom. The van der Waals surface area contributed by atoms with E-state index in [1.54, 1.807) is 29.5 Å². The van der Waals surface area contributed by atoms with E-state index < -0.39 is 18.1 Å². The van der Waals surface area contributed by atoms with Crippen molar-refractivity contribution < 1.29 is 27.8 Å². The fourth-order valence-electron chi connectivity index (χ4n) is 7.32. The molecule has 0 saturated carbocycles. The van der Waals surface area contributed by atoms with E-state index in [2.05, 4.69) is 45.9 Å². The number of piperidine rings is 1. The van der Waals surface area contributed by atoms with Crippen LogP contribution in [0.2, 0.25) is 5.02 Å². The van der Waals surface area contributed by atoms with Gasteiger partial charge in [0.1, 0.15) is 22.0 Å². The third-order valence-corrected chi connectivity index (χ3v) is 10.7. The second-order valence-electron chi connectivity index (χ2n) is 14.3. The number of alkyl halides is 3. The van der Waals surface area contributed by atoms with Crippen LogP contribution in [0, 0.1) is 5.41 Å². The molecule has 51 heavy (non-hydrogen) atoms. The summed E-state index contributed by atoms with van der Waals surface area (Å²) in [6.07, 6.45) is -3.10. The molecule has 266 valence electrons. The van der Waals surface area contributed by atoms with E-state index in [1.807, 2.05) is 36.4 Å². The van der Waals surface area contributed by atoms with Gasteiger partial charge < -0.3 is 30.3 Å². The molecule has 1 saturated heterocycles. The molecular formula is C38H37ClF3N5O3S. The van der Waals surface area contributed by atoms with Crippen molar-refractivity contribution >= 4 is 61.9 Å². The summed E-state index contributed by atoms with van der Waals surface area (Å²) in [5, 5.41) is 18.6. The number of likely N-dealkylation sites (tertiary alicyclic amines) is 1. The maximum Gasteiger partial charge on any atom is 0.573 e. The average Bonchev–Trinajstić information content (AvgIpc) is 3.64. The minimum Gasteiger partial charge on any atom is -0.506 e. The minimum atomic E-state index is -4.82. The molecule has 1 spiro atoms. The first-order chi connectivity index (χ1) is 24.2. The van der Waals surface area contributed by atoms with Gasteiger partial charge in [0.2, 0.25) is 0 Å². The Hall–Kier alpha value is -4.52. The number of rotatable bonds is 6. The molecule has 2 aliphatic rings. The molecule has 5 aromatic rings. The van der Waals surface area contributed by atoms with E-state index >= 15 is 0 Å². The molecule has 0 bridgehead atoms. The third kappa shape index (κ3) is 7.31. The van der Waals surface area contributed by atoms with Crippen LogP contribution in [0.5, 0.6) is 11.5 Å². The summed E-state index contributed by atoms with van der Waals surface area (Å²) >= 11 is 8.13.